The normalized spacial score (nSPS) is 16.0. The fourth-order valence-electron chi connectivity index (χ4n) is 4.08. The minimum Gasteiger partial charge on any atom is -0.484 e. The number of carbonyl (C=O) groups excluding carboxylic acids is 1. The van der Waals surface area contributed by atoms with Crippen molar-refractivity contribution in [1.82, 2.24) is 19.9 Å². The van der Waals surface area contributed by atoms with Gasteiger partial charge >= 0.3 is 0 Å². The van der Waals surface area contributed by atoms with Gasteiger partial charge in [0.05, 0.1) is 0 Å². The maximum Gasteiger partial charge on any atom is 0.260 e. The molecule has 1 N–H and O–H groups in total. The molecule has 4 rings (SSSR count). The van der Waals surface area contributed by atoms with Gasteiger partial charge in [0.2, 0.25) is 5.95 Å². The molecule has 7 nitrogen and oxygen atoms in total. The van der Waals surface area contributed by atoms with Crippen LogP contribution in [0.1, 0.15) is 41.5 Å². The van der Waals surface area contributed by atoms with Crippen molar-refractivity contribution in [2.45, 2.75) is 39.5 Å². The van der Waals surface area contributed by atoms with E-state index in [0.29, 0.717) is 18.2 Å². The number of pyridine rings is 1. The molecular weight excluding hydrogens is 402 g/mol. The third-order valence-electron chi connectivity index (χ3n) is 5.51. The fraction of sp³-hybridized carbons (Fsp3) is 0.360. The molecule has 0 radical (unpaired) electrons. The number of aromatic nitrogens is 3. The Morgan fingerprint density at radius 3 is 2.50 bits per heavy atom. The Kier molecular flexibility index (Phi) is 6.63. The van der Waals surface area contributed by atoms with E-state index in [1.807, 2.05) is 74.2 Å². The monoisotopic (exact) mass is 431 g/mol. The molecule has 1 fully saturated rings. The number of hydrogen-bond donors (Lipinski definition) is 1. The van der Waals surface area contributed by atoms with Crippen LogP contribution in [0.4, 0.5) is 11.6 Å². The summed E-state index contributed by atoms with van der Waals surface area (Å²) < 4.78 is 5.66. The molecule has 7 heteroatoms. The highest BCUT2D eigenvalue weighted by Crippen LogP contribution is 2.28. The smallest absolute Gasteiger partial charge is 0.260 e. The minimum absolute atomic E-state index is 0.00758. The molecule has 2 aromatic heterocycles. The minimum atomic E-state index is 0.00758. The maximum atomic E-state index is 12.7. The second kappa shape index (κ2) is 9.77. The van der Waals surface area contributed by atoms with Crippen molar-refractivity contribution in [2.24, 2.45) is 0 Å². The summed E-state index contributed by atoms with van der Waals surface area (Å²) in [5, 5.41) is 3.32. The predicted octanol–water partition coefficient (Wildman–Crippen LogP) is 4.33. The Morgan fingerprint density at radius 1 is 1.03 bits per heavy atom. The molecule has 3 aromatic rings. The number of piperidine rings is 1. The van der Waals surface area contributed by atoms with Gasteiger partial charge in [-0.05, 0) is 63.9 Å². The molecule has 3 heterocycles. The van der Waals surface area contributed by atoms with Crippen LogP contribution in [-0.4, -0.2) is 45.5 Å². The molecule has 1 aliphatic heterocycles. The zero-order chi connectivity index (χ0) is 22.5. The molecule has 1 aromatic carbocycles. The highest BCUT2D eigenvalue weighted by Gasteiger charge is 2.26. The molecule has 0 aliphatic carbocycles. The first-order chi connectivity index (χ1) is 15.5. The highest BCUT2D eigenvalue weighted by molar-refractivity contribution is 5.78. The molecule has 1 unspecified atom stereocenters. The Morgan fingerprint density at radius 2 is 1.75 bits per heavy atom. The number of likely N-dealkylation sites (tertiary alicyclic amines) is 1. The zero-order valence-corrected chi connectivity index (χ0v) is 18.8. The van der Waals surface area contributed by atoms with Crippen molar-refractivity contribution in [3.05, 3.63) is 71.3 Å². The van der Waals surface area contributed by atoms with Gasteiger partial charge in [0.15, 0.2) is 6.61 Å². The first-order valence-corrected chi connectivity index (χ1v) is 11.0. The molecule has 1 aliphatic rings. The molecule has 32 heavy (non-hydrogen) atoms. The van der Waals surface area contributed by atoms with Gasteiger partial charge in [0, 0.05) is 47.5 Å². The van der Waals surface area contributed by atoms with Gasteiger partial charge in [-0.1, -0.05) is 18.2 Å². The number of para-hydroxylation sites is 1. The third-order valence-corrected chi connectivity index (χ3v) is 5.51. The fourth-order valence-corrected chi connectivity index (χ4v) is 4.08. The summed E-state index contributed by atoms with van der Waals surface area (Å²) in [5.74, 6) is 1.48. The lowest BCUT2D eigenvalue weighted by atomic mass is 9.93. The van der Waals surface area contributed by atoms with Gasteiger partial charge in [-0.15, -0.1) is 0 Å². The van der Waals surface area contributed by atoms with E-state index in [0.717, 1.165) is 47.8 Å². The van der Waals surface area contributed by atoms with Crippen LogP contribution in [0, 0.1) is 20.8 Å². The molecule has 1 saturated heterocycles. The first-order valence-electron chi connectivity index (χ1n) is 11.0. The summed E-state index contributed by atoms with van der Waals surface area (Å²) in [6.07, 6.45) is 1.94. The van der Waals surface area contributed by atoms with Gasteiger partial charge in [-0.2, -0.15) is 0 Å². The summed E-state index contributed by atoms with van der Waals surface area (Å²) in [6.45, 7) is 7.34. The number of rotatable bonds is 6. The van der Waals surface area contributed by atoms with E-state index in [2.05, 4.69) is 15.3 Å². The van der Waals surface area contributed by atoms with Gasteiger partial charge in [-0.25, -0.2) is 9.97 Å². The van der Waals surface area contributed by atoms with Crippen LogP contribution >= 0.6 is 0 Å². The van der Waals surface area contributed by atoms with Crippen molar-refractivity contribution >= 4 is 17.5 Å². The second-order valence-corrected chi connectivity index (χ2v) is 8.30. The van der Waals surface area contributed by atoms with E-state index in [1.54, 1.807) is 0 Å². The quantitative estimate of drug-likeness (QED) is 0.626. The van der Waals surface area contributed by atoms with Gasteiger partial charge in [0.1, 0.15) is 5.75 Å². The van der Waals surface area contributed by atoms with Crippen LogP contribution in [-0.2, 0) is 4.79 Å². The number of benzene rings is 1. The zero-order valence-electron chi connectivity index (χ0n) is 18.8. The van der Waals surface area contributed by atoms with Crippen LogP contribution in [0.5, 0.6) is 5.75 Å². The standard InChI is InChI=1S/C25H29N5O2/c1-17-12-18(2)28-25(27-17)29-21-13-19(3)26-23(14-21)20-8-7-11-30(15-20)24(31)16-32-22-9-5-4-6-10-22/h4-6,9-10,12-14,20H,7-8,11,15-16H2,1-3H3,(H,26,27,28,29). The lowest BCUT2D eigenvalue weighted by Gasteiger charge is -2.32. The van der Waals surface area contributed by atoms with E-state index in [-0.39, 0.29) is 18.4 Å². The van der Waals surface area contributed by atoms with Gasteiger partial charge in [0.25, 0.3) is 5.91 Å². The Bertz CT molecular complexity index is 1070. The van der Waals surface area contributed by atoms with Crippen molar-refractivity contribution in [1.29, 1.82) is 0 Å². The van der Waals surface area contributed by atoms with Crippen LogP contribution in [0.15, 0.2) is 48.5 Å². The summed E-state index contributed by atoms with van der Waals surface area (Å²) >= 11 is 0. The topological polar surface area (TPSA) is 80.2 Å². The molecule has 166 valence electrons. The molecule has 0 spiro atoms. The summed E-state index contributed by atoms with van der Waals surface area (Å²) in [6, 6.07) is 15.4. The van der Waals surface area contributed by atoms with Crippen molar-refractivity contribution in [2.75, 3.05) is 25.0 Å². The number of nitrogens with one attached hydrogen (secondary N) is 1. The molecule has 1 atom stereocenters. The lowest BCUT2D eigenvalue weighted by molar-refractivity contribution is -0.134. The first kappa shape index (κ1) is 21.7. The largest absolute Gasteiger partial charge is 0.484 e. The van der Waals surface area contributed by atoms with E-state index in [1.165, 1.54) is 0 Å². The summed E-state index contributed by atoms with van der Waals surface area (Å²) in [7, 11) is 0. The van der Waals surface area contributed by atoms with Gasteiger partial charge in [-0.3, -0.25) is 9.78 Å². The van der Waals surface area contributed by atoms with Crippen molar-refractivity contribution < 1.29 is 9.53 Å². The van der Waals surface area contributed by atoms with Crippen molar-refractivity contribution in [3.63, 3.8) is 0 Å². The average molecular weight is 432 g/mol. The van der Waals surface area contributed by atoms with Crippen molar-refractivity contribution in [3.8, 4) is 5.75 Å². The van der Waals surface area contributed by atoms with E-state index < -0.39 is 0 Å². The lowest BCUT2D eigenvalue weighted by Crippen LogP contribution is -2.41. The number of amides is 1. The van der Waals surface area contributed by atoms with Crippen LogP contribution < -0.4 is 10.1 Å². The second-order valence-electron chi connectivity index (χ2n) is 8.30. The van der Waals surface area contributed by atoms with Crippen LogP contribution in [0.25, 0.3) is 0 Å². The Labute approximate surface area is 188 Å². The number of nitrogens with zero attached hydrogens (tertiary/aromatic N) is 4. The predicted molar refractivity (Wildman–Crippen MR) is 124 cm³/mol. The molecule has 1 amide bonds. The number of carbonyl (C=O) groups is 1. The van der Waals surface area contributed by atoms with Crippen LogP contribution in [0.2, 0.25) is 0 Å². The van der Waals surface area contributed by atoms with Gasteiger partial charge < -0.3 is 15.0 Å². The number of hydrogen-bond acceptors (Lipinski definition) is 6. The molecule has 0 saturated carbocycles. The average Bonchev–Trinajstić information content (AvgIpc) is 2.77. The van der Waals surface area contributed by atoms with E-state index in [4.69, 9.17) is 9.72 Å². The third kappa shape index (κ3) is 5.60. The molecule has 0 bridgehead atoms. The highest BCUT2D eigenvalue weighted by atomic mass is 16.5. The molecular formula is C25H29N5O2. The van der Waals surface area contributed by atoms with E-state index >= 15 is 0 Å². The Hall–Kier alpha value is -3.48. The maximum absolute atomic E-state index is 12.7. The SMILES string of the molecule is Cc1cc(Nc2nc(C)cc(C)n2)cc(C2CCCN(C(=O)COc3ccccc3)C2)n1. The van der Waals surface area contributed by atoms with E-state index in [9.17, 15) is 4.79 Å². The summed E-state index contributed by atoms with van der Waals surface area (Å²) in [4.78, 5) is 28.3. The Balaban J connectivity index is 1.44. The van der Waals surface area contributed by atoms with Crippen LogP contribution in [0.3, 0.4) is 0 Å². The number of anilines is 2. The number of ether oxygens (including phenoxy) is 1. The number of aryl methyl sites for hydroxylation is 3. The summed E-state index contributed by atoms with van der Waals surface area (Å²) in [5.41, 5.74) is 4.66.